The van der Waals surface area contributed by atoms with E-state index in [0.29, 0.717) is 15.4 Å². The molecule has 1 amide bonds. The van der Waals surface area contributed by atoms with Gasteiger partial charge in [0.05, 0.1) is 11.1 Å². The molecule has 3 N–H and O–H groups in total. The number of carbonyl (C=O) groups is 2. The van der Waals surface area contributed by atoms with Crippen LogP contribution in [0.2, 0.25) is 0 Å². The van der Waals surface area contributed by atoms with E-state index < -0.39 is 17.9 Å². The molecule has 0 bridgehead atoms. The number of para-hydroxylation sites is 1. The lowest BCUT2D eigenvalue weighted by molar-refractivity contribution is -0.141. The predicted octanol–water partition coefficient (Wildman–Crippen LogP) is 3.00. The Morgan fingerprint density at radius 1 is 1.31 bits per heavy atom. The number of aromatic amines is 1. The first kappa shape index (κ1) is 22.1. The molecule has 0 saturated carbocycles. The fraction of sp³-hybridized carbons (Fsp3) is 0.273. The van der Waals surface area contributed by atoms with E-state index in [1.165, 1.54) is 15.9 Å². The number of thiophene rings is 1. The van der Waals surface area contributed by atoms with E-state index in [9.17, 15) is 19.5 Å². The van der Waals surface area contributed by atoms with Gasteiger partial charge in [-0.1, -0.05) is 30.0 Å². The minimum Gasteiger partial charge on any atom is -0.480 e. The van der Waals surface area contributed by atoms with Crippen molar-refractivity contribution in [3.8, 4) is 0 Å². The molecule has 32 heavy (non-hydrogen) atoms. The number of thioether (sulfide) groups is 1. The second-order valence-electron chi connectivity index (χ2n) is 7.53. The number of H-pyrrole nitrogens is 1. The molecule has 0 spiro atoms. The van der Waals surface area contributed by atoms with E-state index >= 15 is 0 Å². The number of carbonyl (C=O) groups excluding carboxylic acids is 1. The van der Waals surface area contributed by atoms with Crippen LogP contribution in [0, 0.1) is 13.8 Å². The molecule has 1 aromatic carbocycles. The molecule has 0 aliphatic rings. The number of carboxylic acids is 1. The molecule has 3 aromatic heterocycles. The summed E-state index contributed by atoms with van der Waals surface area (Å²) in [6.45, 7) is 3.85. The van der Waals surface area contributed by atoms with Crippen LogP contribution < -0.4 is 10.9 Å². The number of aliphatic carboxylic acids is 1. The van der Waals surface area contributed by atoms with Gasteiger partial charge in [0.1, 0.15) is 10.9 Å². The lowest BCUT2D eigenvalue weighted by Crippen LogP contribution is -2.43. The molecule has 0 aliphatic carbocycles. The zero-order chi connectivity index (χ0) is 23.0. The molecule has 4 rings (SSSR count). The van der Waals surface area contributed by atoms with Gasteiger partial charge in [0, 0.05) is 35.4 Å². The molecule has 10 heteroatoms. The number of aromatic nitrogens is 3. The van der Waals surface area contributed by atoms with Gasteiger partial charge in [-0.25, -0.2) is 9.78 Å². The molecule has 8 nitrogen and oxygen atoms in total. The maximum atomic E-state index is 12.7. The van der Waals surface area contributed by atoms with Gasteiger partial charge in [-0.15, -0.1) is 11.3 Å². The zero-order valence-electron chi connectivity index (χ0n) is 17.8. The second kappa shape index (κ2) is 8.79. The third-order valence-electron chi connectivity index (χ3n) is 5.43. The summed E-state index contributed by atoms with van der Waals surface area (Å²) in [5, 5.41) is 14.2. The van der Waals surface area contributed by atoms with Crippen molar-refractivity contribution in [2.75, 3.05) is 5.75 Å². The van der Waals surface area contributed by atoms with Gasteiger partial charge >= 0.3 is 5.97 Å². The average Bonchev–Trinajstić information content (AvgIpc) is 3.29. The highest BCUT2D eigenvalue weighted by atomic mass is 32.2. The second-order valence-corrected chi connectivity index (χ2v) is 9.68. The van der Waals surface area contributed by atoms with Crippen LogP contribution in [0.3, 0.4) is 0 Å². The van der Waals surface area contributed by atoms with Crippen molar-refractivity contribution in [1.82, 2.24) is 19.9 Å². The third kappa shape index (κ3) is 4.15. The van der Waals surface area contributed by atoms with Gasteiger partial charge in [0.2, 0.25) is 5.91 Å². The Hall–Kier alpha value is -3.11. The first-order chi connectivity index (χ1) is 15.3. The average molecular weight is 471 g/mol. The third-order valence-corrected chi connectivity index (χ3v) is 7.56. The van der Waals surface area contributed by atoms with Gasteiger partial charge in [-0.3, -0.25) is 14.2 Å². The number of carboxylic acid groups (broad SMARTS) is 1. The monoisotopic (exact) mass is 470 g/mol. The quantitative estimate of drug-likeness (QED) is 0.282. The number of nitrogens with zero attached hydrogens (tertiary/aromatic N) is 2. The van der Waals surface area contributed by atoms with Crippen molar-refractivity contribution >= 4 is 56.1 Å². The Kier molecular flexibility index (Phi) is 6.07. The number of amides is 1. The zero-order valence-corrected chi connectivity index (χ0v) is 19.4. The van der Waals surface area contributed by atoms with Crippen molar-refractivity contribution in [3.63, 3.8) is 0 Å². The van der Waals surface area contributed by atoms with E-state index in [1.807, 2.05) is 38.1 Å². The molecule has 0 aliphatic heterocycles. The number of nitrogens with one attached hydrogen (secondary N) is 2. The standard InChI is InChI=1S/C22H22N4O4S2/c1-11-12(2)32-19-18(11)20(28)26(3)22(25-19)31-10-17(27)24-16(21(29)30)8-13-9-23-15-7-5-4-6-14(13)15/h4-7,9,16,23H,8,10H2,1-3H3,(H,24,27)(H,29,30)/t16-/m0/s1. The van der Waals surface area contributed by atoms with Crippen LogP contribution in [0.4, 0.5) is 0 Å². The lowest BCUT2D eigenvalue weighted by Gasteiger charge is -2.14. The number of benzene rings is 1. The highest BCUT2D eigenvalue weighted by Crippen LogP contribution is 2.28. The highest BCUT2D eigenvalue weighted by Gasteiger charge is 2.22. The summed E-state index contributed by atoms with van der Waals surface area (Å²) in [6, 6.07) is 6.54. The smallest absolute Gasteiger partial charge is 0.326 e. The molecule has 3 heterocycles. The summed E-state index contributed by atoms with van der Waals surface area (Å²) >= 11 is 2.56. The first-order valence-electron chi connectivity index (χ1n) is 9.93. The van der Waals surface area contributed by atoms with Crippen LogP contribution in [-0.4, -0.2) is 43.3 Å². The Balaban J connectivity index is 1.47. The summed E-state index contributed by atoms with van der Waals surface area (Å²) in [6.07, 6.45) is 1.92. The Morgan fingerprint density at radius 3 is 2.81 bits per heavy atom. The summed E-state index contributed by atoms with van der Waals surface area (Å²) in [7, 11) is 1.62. The normalized spacial score (nSPS) is 12.3. The van der Waals surface area contributed by atoms with Gasteiger partial charge in [-0.2, -0.15) is 0 Å². The van der Waals surface area contributed by atoms with Crippen LogP contribution >= 0.6 is 23.1 Å². The summed E-state index contributed by atoms with van der Waals surface area (Å²) in [5.41, 5.74) is 2.50. The minimum absolute atomic E-state index is 0.0488. The molecule has 0 unspecified atom stereocenters. The van der Waals surface area contributed by atoms with Crippen LogP contribution in [0.15, 0.2) is 40.4 Å². The Labute approximate surface area is 191 Å². The van der Waals surface area contributed by atoms with E-state index in [2.05, 4.69) is 15.3 Å². The van der Waals surface area contributed by atoms with Crippen molar-refractivity contribution in [3.05, 3.63) is 56.8 Å². The van der Waals surface area contributed by atoms with Crippen LogP contribution in [0.25, 0.3) is 21.1 Å². The van der Waals surface area contributed by atoms with Gasteiger partial charge < -0.3 is 15.4 Å². The van der Waals surface area contributed by atoms with Crippen LogP contribution in [0.1, 0.15) is 16.0 Å². The van der Waals surface area contributed by atoms with Crippen molar-refractivity contribution in [2.45, 2.75) is 31.5 Å². The lowest BCUT2D eigenvalue weighted by atomic mass is 10.1. The van der Waals surface area contributed by atoms with Crippen molar-refractivity contribution in [1.29, 1.82) is 0 Å². The maximum absolute atomic E-state index is 12.7. The fourth-order valence-electron chi connectivity index (χ4n) is 3.57. The Bertz CT molecular complexity index is 1400. The summed E-state index contributed by atoms with van der Waals surface area (Å²) in [5.74, 6) is -1.59. The van der Waals surface area contributed by atoms with E-state index in [0.717, 1.165) is 38.7 Å². The summed E-state index contributed by atoms with van der Waals surface area (Å²) < 4.78 is 1.43. The Morgan fingerprint density at radius 2 is 2.06 bits per heavy atom. The van der Waals surface area contributed by atoms with Gasteiger partial charge in [0.15, 0.2) is 5.16 Å². The first-order valence-corrected chi connectivity index (χ1v) is 11.7. The van der Waals surface area contributed by atoms with Crippen molar-refractivity contribution in [2.24, 2.45) is 7.05 Å². The largest absolute Gasteiger partial charge is 0.480 e. The topological polar surface area (TPSA) is 117 Å². The molecule has 1 atom stereocenters. The number of rotatable bonds is 7. The number of hydrogen-bond donors (Lipinski definition) is 3. The fourth-order valence-corrected chi connectivity index (χ4v) is 5.43. The number of aryl methyl sites for hydroxylation is 2. The molecule has 4 aromatic rings. The SMILES string of the molecule is Cc1sc2nc(SCC(=O)N[C@@H](Cc3c[nH]c4ccccc34)C(=O)O)n(C)c(=O)c2c1C. The number of hydrogen-bond acceptors (Lipinski definition) is 6. The summed E-state index contributed by atoms with van der Waals surface area (Å²) in [4.78, 5) is 46.3. The molecule has 0 radical (unpaired) electrons. The van der Waals surface area contributed by atoms with Gasteiger partial charge in [-0.05, 0) is 31.0 Å². The predicted molar refractivity (Wildman–Crippen MR) is 127 cm³/mol. The molecule has 0 saturated heterocycles. The van der Waals surface area contributed by atoms with Crippen molar-refractivity contribution < 1.29 is 14.7 Å². The molecular weight excluding hydrogens is 448 g/mol. The van der Waals surface area contributed by atoms with Crippen LogP contribution in [-0.2, 0) is 23.1 Å². The van der Waals surface area contributed by atoms with Crippen LogP contribution in [0.5, 0.6) is 0 Å². The molecule has 0 fully saturated rings. The number of fused-ring (bicyclic) bond motifs is 2. The highest BCUT2D eigenvalue weighted by molar-refractivity contribution is 7.99. The van der Waals surface area contributed by atoms with E-state index in [-0.39, 0.29) is 17.7 Å². The van der Waals surface area contributed by atoms with Gasteiger partial charge in [0.25, 0.3) is 5.56 Å². The van der Waals surface area contributed by atoms with E-state index in [4.69, 9.17) is 0 Å². The molecule has 166 valence electrons. The minimum atomic E-state index is -1.11. The maximum Gasteiger partial charge on any atom is 0.326 e. The molecular formula is C22H22N4O4S2. The van der Waals surface area contributed by atoms with E-state index in [1.54, 1.807) is 13.2 Å².